The third-order valence-electron chi connectivity index (χ3n) is 4.10. The number of benzene rings is 2. The molecule has 3 aromatic rings. The van der Waals surface area contributed by atoms with E-state index in [1.54, 1.807) is 36.0 Å². The summed E-state index contributed by atoms with van der Waals surface area (Å²) in [4.78, 5) is 2.44. The summed E-state index contributed by atoms with van der Waals surface area (Å²) < 4.78 is 26.7. The average Bonchev–Trinajstić information content (AvgIpc) is 3.03. The highest BCUT2D eigenvalue weighted by atomic mass is 32.2. The molecular weight excluding hydrogens is 404 g/mol. The topological polar surface area (TPSA) is 76.3 Å². The quantitative estimate of drug-likeness (QED) is 0.255. The first-order valence-electron chi connectivity index (χ1n) is 8.92. The Bertz CT molecular complexity index is 1120. The van der Waals surface area contributed by atoms with E-state index in [0.29, 0.717) is 5.75 Å². The predicted octanol–water partition coefficient (Wildman–Crippen LogP) is 4.08. The Morgan fingerprint density at radius 2 is 1.83 bits per heavy atom. The summed E-state index contributed by atoms with van der Waals surface area (Å²) in [6, 6.07) is 16.4. The summed E-state index contributed by atoms with van der Waals surface area (Å²) in [5.74, 6) is 0.688. The van der Waals surface area contributed by atoms with Crippen LogP contribution in [0.2, 0.25) is 0 Å². The molecule has 1 N–H and O–H groups in total. The van der Waals surface area contributed by atoms with Crippen molar-refractivity contribution in [3.8, 4) is 5.69 Å². The van der Waals surface area contributed by atoms with Gasteiger partial charge in [0.25, 0.3) is 10.0 Å². The third-order valence-corrected chi connectivity index (χ3v) is 6.41. The van der Waals surface area contributed by atoms with Gasteiger partial charge in [-0.25, -0.2) is 9.51 Å². The highest BCUT2D eigenvalue weighted by Crippen LogP contribution is 2.27. The minimum absolute atomic E-state index is 0.165. The fourth-order valence-electron chi connectivity index (χ4n) is 2.62. The first kappa shape index (κ1) is 20.9. The number of para-hydroxylation sites is 1. The molecule has 6 nitrogen and oxygen atoms in total. The largest absolute Gasteiger partial charge is 0.276 e. The van der Waals surface area contributed by atoms with Crippen molar-refractivity contribution in [3.63, 3.8) is 0 Å². The third kappa shape index (κ3) is 4.96. The number of hydrazone groups is 1. The number of aromatic nitrogens is 2. The maximum Gasteiger partial charge on any atom is 0.276 e. The molecule has 0 saturated carbocycles. The molecule has 0 spiro atoms. The van der Waals surface area contributed by atoms with E-state index in [1.165, 1.54) is 6.21 Å². The number of thioether (sulfide) groups is 1. The zero-order valence-corrected chi connectivity index (χ0v) is 17.9. The van der Waals surface area contributed by atoms with Crippen molar-refractivity contribution in [1.29, 1.82) is 0 Å². The molecule has 0 amide bonds. The van der Waals surface area contributed by atoms with Crippen LogP contribution in [0.15, 0.2) is 82.3 Å². The molecule has 0 aliphatic carbocycles. The van der Waals surface area contributed by atoms with Gasteiger partial charge in [-0.1, -0.05) is 42.0 Å². The van der Waals surface area contributed by atoms with Gasteiger partial charge < -0.3 is 0 Å². The molecule has 0 aliphatic heterocycles. The summed E-state index contributed by atoms with van der Waals surface area (Å²) in [7, 11) is -3.73. The summed E-state index contributed by atoms with van der Waals surface area (Å²) in [6.07, 6.45) is 3.31. The van der Waals surface area contributed by atoms with E-state index >= 15 is 0 Å². The van der Waals surface area contributed by atoms with Crippen LogP contribution in [0.5, 0.6) is 0 Å². The highest BCUT2D eigenvalue weighted by molar-refractivity contribution is 7.99. The second-order valence-corrected chi connectivity index (χ2v) is 8.99. The minimum atomic E-state index is -3.73. The maximum atomic E-state index is 12.4. The summed E-state index contributed by atoms with van der Waals surface area (Å²) >= 11 is 1.56. The van der Waals surface area contributed by atoms with E-state index < -0.39 is 10.0 Å². The van der Waals surface area contributed by atoms with Crippen molar-refractivity contribution in [2.45, 2.75) is 23.8 Å². The lowest BCUT2D eigenvalue weighted by Crippen LogP contribution is -2.18. The molecule has 0 radical (unpaired) electrons. The van der Waals surface area contributed by atoms with Crippen LogP contribution in [0.4, 0.5) is 0 Å². The van der Waals surface area contributed by atoms with Gasteiger partial charge in [-0.2, -0.15) is 18.6 Å². The van der Waals surface area contributed by atoms with Gasteiger partial charge in [-0.15, -0.1) is 18.3 Å². The van der Waals surface area contributed by atoms with Crippen LogP contribution in [-0.4, -0.2) is 30.2 Å². The van der Waals surface area contributed by atoms with Crippen molar-refractivity contribution < 1.29 is 8.42 Å². The number of hydrogen-bond donors (Lipinski definition) is 1. The van der Waals surface area contributed by atoms with Crippen molar-refractivity contribution in [2.75, 3.05) is 5.75 Å². The van der Waals surface area contributed by atoms with Crippen LogP contribution >= 0.6 is 11.8 Å². The Hall–Kier alpha value is -2.84. The Labute approximate surface area is 175 Å². The van der Waals surface area contributed by atoms with E-state index in [-0.39, 0.29) is 4.90 Å². The molecule has 2 aromatic carbocycles. The molecule has 8 heteroatoms. The molecule has 3 rings (SSSR count). The Morgan fingerprint density at radius 1 is 1.14 bits per heavy atom. The first-order chi connectivity index (χ1) is 13.9. The lowest BCUT2D eigenvalue weighted by Gasteiger charge is -2.07. The number of hydrogen-bond acceptors (Lipinski definition) is 5. The zero-order valence-electron chi connectivity index (χ0n) is 16.2. The molecular formula is C21H22N4O2S2. The average molecular weight is 427 g/mol. The van der Waals surface area contributed by atoms with E-state index in [2.05, 4.69) is 21.6 Å². The van der Waals surface area contributed by atoms with Gasteiger partial charge in [-0.3, -0.25) is 0 Å². The standard InChI is InChI=1S/C21H22N4O2S2/c1-4-14-28-21-20(17(3)23-25(21)18-8-6-5-7-9-18)15-22-24-29(26,27)19-12-10-16(2)11-13-19/h4-13,15,24H,1,14H2,2-3H3/b22-15+. The van der Waals surface area contributed by atoms with E-state index in [4.69, 9.17) is 0 Å². The molecule has 0 atom stereocenters. The van der Waals surface area contributed by atoms with Crippen LogP contribution < -0.4 is 4.83 Å². The molecule has 1 aromatic heterocycles. The fourth-order valence-corrected chi connectivity index (χ4v) is 4.31. The number of nitrogens with zero attached hydrogens (tertiary/aromatic N) is 3. The normalized spacial score (nSPS) is 11.7. The number of aryl methyl sites for hydroxylation is 2. The second kappa shape index (κ2) is 9.11. The lowest BCUT2D eigenvalue weighted by molar-refractivity contribution is 0.584. The molecule has 0 aliphatic rings. The molecule has 1 heterocycles. The van der Waals surface area contributed by atoms with E-state index in [1.807, 2.05) is 54.9 Å². The van der Waals surface area contributed by atoms with E-state index in [9.17, 15) is 8.42 Å². The van der Waals surface area contributed by atoms with Gasteiger partial charge >= 0.3 is 0 Å². The number of rotatable bonds is 8. The van der Waals surface area contributed by atoms with Crippen LogP contribution in [0.25, 0.3) is 5.69 Å². The van der Waals surface area contributed by atoms with Gasteiger partial charge in [-0.05, 0) is 38.1 Å². The molecule has 0 fully saturated rings. The molecule has 0 saturated heterocycles. The second-order valence-electron chi connectivity index (χ2n) is 6.32. The van der Waals surface area contributed by atoms with Crippen LogP contribution in [0.1, 0.15) is 16.8 Å². The SMILES string of the molecule is C=CCSc1c(/C=N/NS(=O)(=O)c2ccc(C)cc2)c(C)nn1-c1ccccc1. The van der Waals surface area contributed by atoms with Gasteiger partial charge in [0.05, 0.1) is 22.5 Å². The fraction of sp³-hybridized carbons (Fsp3) is 0.143. The lowest BCUT2D eigenvalue weighted by atomic mass is 10.2. The van der Waals surface area contributed by atoms with Crippen molar-refractivity contribution in [3.05, 3.63) is 84.1 Å². The minimum Gasteiger partial charge on any atom is -0.226 e. The summed E-state index contributed by atoms with van der Waals surface area (Å²) in [6.45, 7) is 7.54. The molecule has 150 valence electrons. The van der Waals surface area contributed by atoms with Crippen molar-refractivity contribution in [1.82, 2.24) is 14.6 Å². The van der Waals surface area contributed by atoms with Crippen molar-refractivity contribution in [2.24, 2.45) is 5.10 Å². The molecule has 0 bridgehead atoms. The van der Waals surface area contributed by atoms with E-state index in [0.717, 1.165) is 27.5 Å². The number of sulfonamides is 1. The van der Waals surface area contributed by atoms with Gasteiger partial charge in [0.15, 0.2) is 0 Å². The Morgan fingerprint density at radius 3 is 2.48 bits per heavy atom. The summed E-state index contributed by atoms with van der Waals surface area (Å²) in [5, 5.41) is 9.47. The van der Waals surface area contributed by atoms with Crippen LogP contribution in [0.3, 0.4) is 0 Å². The van der Waals surface area contributed by atoms with Crippen LogP contribution in [-0.2, 0) is 10.0 Å². The monoisotopic (exact) mass is 426 g/mol. The first-order valence-corrected chi connectivity index (χ1v) is 11.4. The van der Waals surface area contributed by atoms with Gasteiger partial charge in [0, 0.05) is 11.3 Å². The Balaban J connectivity index is 1.90. The highest BCUT2D eigenvalue weighted by Gasteiger charge is 2.16. The number of nitrogens with one attached hydrogen (secondary N) is 1. The van der Waals surface area contributed by atoms with Gasteiger partial charge in [0.2, 0.25) is 0 Å². The summed E-state index contributed by atoms with van der Waals surface area (Å²) in [5.41, 5.74) is 3.41. The van der Waals surface area contributed by atoms with Gasteiger partial charge in [0.1, 0.15) is 5.03 Å². The zero-order chi connectivity index (χ0) is 20.9. The van der Waals surface area contributed by atoms with Crippen molar-refractivity contribution >= 4 is 28.0 Å². The molecule has 29 heavy (non-hydrogen) atoms. The maximum absolute atomic E-state index is 12.4. The Kier molecular flexibility index (Phi) is 6.56. The molecule has 0 unspecified atom stereocenters. The van der Waals surface area contributed by atoms with Crippen LogP contribution in [0, 0.1) is 13.8 Å². The smallest absolute Gasteiger partial charge is 0.226 e. The predicted molar refractivity (Wildman–Crippen MR) is 118 cm³/mol.